The van der Waals surface area contributed by atoms with Crippen LogP contribution in [0.15, 0.2) is 29.3 Å². The molecule has 1 aliphatic rings. The highest BCUT2D eigenvalue weighted by Gasteiger charge is 2.38. The molecule has 1 heterocycles. The van der Waals surface area contributed by atoms with E-state index in [1.807, 2.05) is 39.0 Å². The zero-order valence-corrected chi connectivity index (χ0v) is 11.4. The molecule has 1 atom stereocenters. The number of carbonyl (C=O) groups is 1. The van der Waals surface area contributed by atoms with E-state index in [9.17, 15) is 4.79 Å². The Balaban J connectivity index is 2.26. The molecule has 1 aromatic rings. The molecule has 0 spiro atoms. The van der Waals surface area contributed by atoms with Crippen molar-refractivity contribution in [2.45, 2.75) is 45.6 Å². The van der Waals surface area contributed by atoms with Crippen LogP contribution in [0.1, 0.15) is 39.7 Å². The predicted molar refractivity (Wildman–Crippen MR) is 74.5 cm³/mol. The normalized spacial score (nSPS) is 21.7. The molecule has 18 heavy (non-hydrogen) atoms. The van der Waals surface area contributed by atoms with Crippen LogP contribution in [0.4, 0.5) is 5.69 Å². The van der Waals surface area contributed by atoms with Gasteiger partial charge in [-0.2, -0.15) is 0 Å². The Kier molecular flexibility index (Phi) is 3.24. The minimum atomic E-state index is -0.268. The molecule has 1 N–H and O–H groups in total. The first-order chi connectivity index (χ1) is 8.43. The van der Waals surface area contributed by atoms with Crippen molar-refractivity contribution in [3.63, 3.8) is 0 Å². The van der Waals surface area contributed by atoms with Crippen molar-refractivity contribution in [3.8, 4) is 0 Å². The molecule has 0 bridgehead atoms. The zero-order valence-electron chi connectivity index (χ0n) is 11.4. The average Bonchev–Trinajstić information content (AvgIpc) is 2.50. The largest absolute Gasteiger partial charge is 0.354 e. The van der Waals surface area contributed by atoms with Crippen LogP contribution in [0.3, 0.4) is 0 Å². The molecule has 0 radical (unpaired) electrons. The predicted octanol–water partition coefficient (Wildman–Crippen LogP) is 2.97. The highest BCUT2D eigenvalue weighted by molar-refractivity contribution is 6.02. The second-order valence-electron chi connectivity index (χ2n) is 5.45. The summed E-state index contributed by atoms with van der Waals surface area (Å²) in [6.07, 6.45) is 0.456. The summed E-state index contributed by atoms with van der Waals surface area (Å²) in [5.41, 5.74) is 2.90. The first-order valence-corrected chi connectivity index (χ1v) is 6.38. The maximum absolute atomic E-state index is 12.0. The number of amides is 1. The van der Waals surface area contributed by atoms with Crippen molar-refractivity contribution in [2.75, 3.05) is 0 Å². The molecule has 96 valence electrons. The molecule has 3 nitrogen and oxygen atoms in total. The van der Waals surface area contributed by atoms with Crippen molar-refractivity contribution >= 4 is 17.3 Å². The number of aliphatic imine (C=N–C) groups is 1. The lowest BCUT2D eigenvalue weighted by atomic mass is 9.77. The Morgan fingerprint density at radius 2 is 2.06 bits per heavy atom. The summed E-state index contributed by atoms with van der Waals surface area (Å²) in [4.78, 5) is 16.6. The summed E-state index contributed by atoms with van der Waals surface area (Å²) < 4.78 is 0. The van der Waals surface area contributed by atoms with E-state index in [1.165, 1.54) is 0 Å². The van der Waals surface area contributed by atoms with E-state index in [1.54, 1.807) is 0 Å². The highest BCUT2D eigenvalue weighted by atomic mass is 16.1. The first-order valence-electron chi connectivity index (χ1n) is 6.38. The minimum Gasteiger partial charge on any atom is -0.354 e. The van der Waals surface area contributed by atoms with Crippen LogP contribution in [-0.2, 0) is 10.2 Å². The minimum absolute atomic E-state index is 0.0822. The van der Waals surface area contributed by atoms with Crippen LogP contribution in [0.25, 0.3) is 0 Å². The van der Waals surface area contributed by atoms with Crippen molar-refractivity contribution in [1.29, 1.82) is 0 Å². The van der Waals surface area contributed by atoms with Crippen LogP contribution in [0.2, 0.25) is 0 Å². The first kappa shape index (κ1) is 12.8. The quantitative estimate of drug-likeness (QED) is 0.872. The van der Waals surface area contributed by atoms with Gasteiger partial charge in [0.25, 0.3) is 0 Å². The molecule has 0 saturated carbocycles. The monoisotopic (exact) mass is 244 g/mol. The van der Waals surface area contributed by atoms with E-state index < -0.39 is 0 Å². The summed E-state index contributed by atoms with van der Waals surface area (Å²) in [5, 5.41) is 2.95. The number of para-hydroxylation sites is 1. The number of hydrogen-bond acceptors (Lipinski definition) is 2. The van der Waals surface area contributed by atoms with Gasteiger partial charge in [0, 0.05) is 23.6 Å². The molecular weight excluding hydrogens is 224 g/mol. The molecule has 1 aromatic carbocycles. The van der Waals surface area contributed by atoms with Crippen molar-refractivity contribution < 1.29 is 4.79 Å². The van der Waals surface area contributed by atoms with Gasteiger partial charge in [-0.3, -0.25) is 9.79 Å². The molecule has 0 saturated heterocycles. The number of rotatable bonds is 3. The summed E-state index contributed by atoms with van der Waals surface area (Å²) in [7, 11) is 0. The van der Waals surface area contributed by atoms with Crippen LogP contribution < -0.4 is 5.32 Å². The van der Waals surface area contributed by atoms with Gasteiger partial charge in [0.2, 0.25) is 5.91 Å². The third kappa shape index (κ3) is 2.17. The topological polar surface area (TPSA) is 41.5 Å². The Morgan fingerprint density at radius 1 is 1.39 bits per heavy atom. The fraction of sp³-hybridized carbons (Fsp3) is 0.467. The Hall–Kier alpha value is -1.64. The van der Waals surface area contributed by atoms with Gasteiger partial charge < -0.3 is 5.32 Å². The molecular formula is C15H20N2O. The highest BCUT2D eigenvalue weighted by Crippen LogP contribution is 2.42. The number of fused-ring (bicyclic) bond motifs is 1. The third-order valence-corrected chi connectivity index (χ3v) is 3.55. The van der Waals surface area contributed by atoms with Gasteiger partial charge >= 0.3 is 0 Å². The number of nitrogens with zero attached hydrogens (tertiary/aromatic N) is 1. The zero-order chi connectivity index (χ0) is 13.3. The molecule has 0 fully saturated rings. The third-order valence-electron chi connectivity index (χ3n) is 3.55. The van der Waals surface area contributed by atoms with E-state index in [0.717, 1.165) is 17.0 Å². The lowest BCUT2D eigenvalue weighted by Crippen LogP contribution is -2.38. The second kappa shape index (κ2) is 4.56. The van der Waals surface area contributed by atoms with Gasteiger partial charge in [0.1, 0.15) is 0 Å². The second-order valence-corrected chi connectivity index (χ2v) is 5.45. The van der Waals surface area contributed by atoms with Gasteiger partial charge in [-0.25, -0.2) is 0 Å². The fourth-order valence-corrected chi connectivity index (χ4v) is 2.45. The van der Waals surface area contributed by atoms with Crippen LogP contribution in [0.5, 0.6) is 0 Å². The number of benzene rings is 1. The Labute approximate surface area is 108 Å². The van der Waals surface area contributed by atoms with E-state index in [2.05, 4.69) is 23.3 Å². The van der Waals surface area contributed by atoms with Crippen LogP contribution in [0, 0.1) is 0 Å². The van der Waals surface area contributed by atoms with Crippen molar-refractivity contribution in [2.24, 2.45) is 4.99 Å². The molecule has 1 unspecified atom stereocenters. The van der Waals surface area contributed by atoms with E-state index >= 15 is 0 Å². The van der Waals surface area contributed by atoms with Gasteiger partial charge in [-0.05, 0) is 39.3 Å². The fourth-order valence-electron chi connectivity index (χ4n) is 2.45. The molecule has 3 heteroatoms. The SMILES string of the molecule is CC1=Nc2ccccc2C1(C)CC(=O)NC(C)C. The van der Waals surface area contributed by atoms with Gasteiger partial charge in [0.15, 0.2) is 0 Å². The van der Waals surface area contributed by atoms with Gasteiger partial charge in [-0.15, -0.1) is 0 Å². The maximum Gasteiger partial charge on any atom is 0.221 e. The van der Waals surface area contributed by atoms with E-state index in [0.29, 0.717) is 6.42 Å². The van der Waals surface area contributed by atoms with E-state index in [4.69, 9.17) is 0 Å². The van der Waals surface area contributed by atoms with Crippen molar-refractivity contribution in [3.05, 3.63) is 29.8 Å². The molecule has 2 rings (SSSR count). The molecule has 0 aromatic heterocycles. The van der Waals surface area contributed by atoms with Crippen LogP contribution >= 0.6 is 0 Å². The molecule has 1 aliphatic heterocycles. The van der Waals surface area contributed by atoms with Crippen molar-refractivity contribution in [1.82, 2.24) is 5.32 Å². The average molecular weight is 244 g/mol. The van der Waals surface area contributed by atoms with Gasteiger partial charge in [-0.1, -0.05) is 18.2 Å². The lowest BCUT2D eigenvalue weighted by Gasteiger charge is -2.26. The van der Waals surface area contributed by atoms with Gasteiger partial charge in [0.05, 0.1) is 5.69 Å². The summed E-state index contributed by atoms with van der Waals surface area (Å²) in [6.45, 7) is 8.05. The smallest absolute Gasteiger partial charge is 0.221 e. The number of nitrogens with one attached hydrogen (secondary N) is 1. The van der Waals surface area contributed by atoms with E-state index in [-0.39, 0.29) is 17.4 Å². The number of hydrogen-bond donors (Lipinski definition) is 1. The Bertz CT molecular complexity index is 505. The molecule has 0 aliphatic carbocycles. The molecule has 1 amide bonds. The maximum atomic E-state index is 12.0. The lowest BCUT2D eigenvalue weighted by molar-refractivity contribution is -0.122. The summed E-state index contributed by atoms with van der Waals surface area (Å²) in [5.74, 6) is 0.0822. The summed E-state index contributed by atoms with van der Waals surface area (Å²) >= 11 is 0. The van der Waals surface area contributed by atoms with Crippen LogP contribution in [-0.4, -0.2) is 17.7 Å². The number of carbonyl (C=O) groups excluding carboxylic acids is 1. The Morgan fingerprint density at radius 3 is 2.72 bits per heavy atom. The standard InChI is InChI=1S/C15H20N2O/c1-10(2)16-14(18)9-15(4)11(3)17-13-8-6-5-7-12(13)15/h5-8,10H,9H2,1-4H3,(H,16,18). The summed E-state index contributed by atoms with van der Waals surface area (Å²) in [6, 6.07) is 8.23.